The number of amides is 1. The zero-order chi connectivity index (χ0) is 14.7. The van der Waals surface area contributed by atoms with Gasteiger partial charge in [-0.3, -0.25) is 9.59 Å². The van der Waals surface area contributed by atoms with Crippen LogP contribution in [0, 0.1) is 12.8 Å². The van der Waals surface area contributed by atoms with Crippen LogP contribution >= 0.6 is 0 Å². The number of carbonyl (C=O) groups excluding carboxylic acids is 1. The van der Waals surface area contributed by atoms with E-state index in [1.807, 2.05) is 31.2 Å². The molecule has 0 heterocycles. The minimum Gasteiger partial charge on any atom is -0.481 e. The summed E-state index contributed by atoms with van der Waals surface area (Å²) >= 11 is 0. The second-order valence-corrected chi connectivity index (χ2v) is 5.62. The predicted molar refractivity (Wildman–Crippen MR) is 76.4 cm³/mol. The van der Waals surface area contributed by atoms with E-state index in [2.05, 4.69) is 0 Å². The topological polar surface area (TPSA) is 57.6 Å². The molecule has 4 heteroatoms. The zero-order valence-electron chi connectivity index (χ0n) is 12.0. The van der Waals surface area contributed by atoms with Crippen LogP contribution in [0.3, 0.4) is 0 Å². The lowest BCUT2D eigenvalue weighted by Crippen LogP contribution is -2.39. The summed E-state index contributed by atoms with van der Waals surface area (Å²) in [4.78, 5) is 25.2. The molecule has 0 aromatic heterocycles. The molecule has 1 atom stereocenters. The maximum absolute atomic E-state index is 12.4. The van der Waals surface area contributed by atoms with Gasteiger partial charge in [-0.25, -0.2) is 0 Å². The molecule has 1 saturated carbocycles. The lowest BCUT2D eigenvalue weighted by Gasteiger charge is -2.24. The first-order valence-corrected chi connectivity index (χ1v) is 7.06. The first-order chi connectivity index (χ1) is 9.49. The fourth-order valence-corrected chi connectivity index (χ4v) is 2.29. The van der Waals surface area contributed by atoms with E-state index in [4.69, 9.17) is 5.11 Å². The predicted octanol–water partition coefficient (Wildman–Crippen LogP) is 2.25. The van der Waals surface area contributed by atoms with Gasteiger partial charge in [0, 0.05) is 12.6 Å². The maximum Gasteiger partial charge on any atom is 0.308 e. The number of aryl methyl sites for hydroxylation is 1. The molecule has 0 saturated heterocycles. The molecule has 1 aromatic carbocycles. The molecule has 0 radical (unpaired) electrons. The lowest BCUT2D eigenvalue weighted by molar-refractivity contribution is -0.143. The molecule has 0 bridgehead atoms. The number of benzene rings is 1. The maximum atomic E-state index is 12.4. The van der Waals surface area contributed by atoms with E-state index >= 15 is 0 Å². The highest BCUT2D eigenvalue weighted by molar-refractivity contribution is 5.80. The van der Waals surface area contributed by atoms with Gasteiger partial charge in [-0.15, -0.1) is 0 Å². The second-order valence-electron chi connectivity index (χ2n) is 5.62. The van der Waals surface area contributed by atoms with Crippen molar-refractivity contribution < 1.29 is 14.7 Å². The van der Waals surface area contributed by atoms with E-state index in [1.54, 1.807) is 11.8 Å². The van der Waals surface area contributed by atoms with E-state index in [0.29, 0.717) is 13.0 Å². The smallest absolute Gasteiger partial charge is 0.308 e. The Morgan fingerprint density at radius 3 is 2.55 bits per heavy atom. The molecule has 1 aliphatic rings. The highest BCUT2D eigenvalue weighted by Gasteiger charge is 2.34. The van der Waals surface area contributed by atoms with Gasteiger partial charge in [0.2, 0.25) is 5.91 Å². The number of hydrogen-bond donors (Lipinski definition) is 1. The van der Waals surface area contributed by atoms with E-state index in [0.717, 1.165) is 24.0 Å². The van der Waals surface area contributed by atoms with Crippen LogP contribution in [0.25, 0.3) is 0 Å². The van der Waals surface area contributed by atoms with Crippen molar-refractivity contribution in [1.82, 2.24) is 4.90 Å². The average molecular weight is 275 g/mol. The van der Waals surface area contributed by atoms with Crippen LogP contribution in [0.4, 0.5) is 0 Å². The Labute approximate surface area is 119 Å². The summed E-state index contributed by atoms with van der Waals surface area (Å²) in [6.07, 6.45) is 2.34. The quantitative estimate of drug-likeness (QED) is 0.866. The fraction of sp³-hybridized carbons (Fsp3) is 0.500. The summed E-state index contributed by atoms with van der Waals surface area (Å²) in [6.45, 7) is 3.95. The Kier molecular flexibility index (Phi) is 4.42. The van der Waals surface area contributed by atoms with Crippen LogP contribution < -0.4 is 0 Å². The van der Waals surface area contributed by atoms with E-state index in [1.165, 1.54) is 0 Å². The summed E-state index contributed by atoms with van der Waals surface area (Å²) in [5.41, 5.74) is 2.12. The number of carbonyl (C=O) groups is 2. The molecule has 0 unspecified atom stereocenters. The van der Waals surface area contributed by atoms with Crippen molar-refractivity contribution in [2.45, 2.75) is 39.2 Å². The first-order valence-electron chi connectivity index (χ1n) is 7.06. The number of hydrogen-bond acceptors (Lipinski definition) is 2. The molecule has 4 nitrogen and oxygen atoms in total. The van der Waals surface area contributed by atoms with Crippen LogP contribution in [0.1, 0.15) is 30.9 Å². The molecule has 1 N–H and O–H groups in total. The molecule has 2 rings (SSSR count). The normalized spacial score (nSPS) is 15.7. The van der Waals surface area contributed by atoms with Crippen molar-refractivity contribution in [3.05, 3.63) is 35.4 Å². The highest BCUT2D eigenvalue weighted by Crippen LogP contribution is 2.28. The van der Waals surface area contributed by atoms with Crippen molar-refractivity contribution in [2.75, 3.05) is 6.54 Å². The third-order valence-corrected chi connectivity index (χ3v) is 3.80. The van der Waals surface area contributed by atoms with Crippen molar-refractivity contribution >= 4 is 11.9 Å². The largest absolute Gasteiger partial charge is 0.481 e. The van der Waals surface area contributed by atoms with Crippen LogP contribution in [-0.4, -0.2) is 34.5 Å². The Balaban J connectivity index is 2.04. The molecule has 1 fully saturated rings. The van der Waals surface area contributed by atoms with Crippen molar-refractivity contribution in [3.63, 3.8) is 0 Å². The van der Waals surface area contributed by atoms with Crippen LogP contribution in [0.5, 0.6) is 0 Å². The van der Waals surface area contributed by atoms with Crippen molar-refractivity contribution in [3.8, 4) is 0 Å². The minimum absolute atomic E-state index is 0.0369. The molecule has 1 aromatic rings. The third-order valence-electron chi connectivity index (χ3n) is 3.80. The highest BCUT2D eigenvalue weighted by atomic mass is 16.4. The Hall–Kier alpha value is -1.84. The van der Waals surface area contributed by atoms with Gasteiger partial charge in [0.25, 0.3) is 0 Å². The van der Waals surface area contributed by atoms with E-state index in [-0.39, 0.29) is 11.9 Å². The Morgan fingerprint density at radius 2 is 2.00 bits per heavy atom. The van der Waals surface area contributed by atoms with Crippen LogP contribution in [0.2, 0.25) is 0 Å². The monoisotopic (exact) mass is 275 g/mol. The molecular weight excluding hydrogens is 254 g/mol. The minimum atomic E-state index is -0.848. The summed E-state index contributed by atoms with van der Waals surface area (Å²) < 4.78 is 0. The molecule has 20 heavy (non-hydrogen) atoms. The Morgan fingerprint density at radius 1 is 1.35 bits per heavy atom. The number of carboxylic acid groups (broad SMARTS) is 1. The zero-order valence-corrected chi connectivity index (χ0v) is 12.0. The summed E-state index contributed by atoms with van der Waals surface area (Å²) in [5.74, 6) is -1.33. The standard InChI is InChI=1S/C16H21NO3/c1-11-5-3-4-6-13(11)9-15(18)17(14-7-8-14)10-12(2)16(19)20/h3-6,12,14H,7-10H2,1-2H3,(H,19,20)/t12-/m1/s1. The fourth-order valence-electron chi connectivity index (χ4n) is 2.29. The van der Waals surface area contributed by atoms with Gasteiger partial charge in [-0.2, -0.15) is 0 Å². The number of nitrogens with zero attached hydrogens (tertiary/aromatic N) is 1. The SMILES string of the molecule is Cc1ccccc1CC(=O)N(C[C@@H](C)C(=O)O)C1CC1. The number of carboxylic acids is 1. The summed E-state index contributed by atoms with van der Waals surface area (Å²) in [6, 6.07) is 8.07. The summed E-state index contributed by atoms with van der Waals surface area (Å²) in [7, 11) is 0. The van der Waals surface area contributed by atoms with Gasteiger partial charge in [-0.05, 0) is 30.9 Å². The van der Waals surface area contributed by atoms with Gasteiger partial charge in [0.05, 0.1) is 12.3 Å². The number of rotatable bonds is 6. The Bertz CT molecular complexity index is 508. The molecular formula is C16H21NO3. The van der Waals surface area contributed by atoms with Gasteiger partial charge in [-0.1, -0.05) is 31.2 Å². The van der Waals surface area contributed by atoms with Gasteiger partial charge < -0.3 is 10.0 Å². The molecule has 1 amide bonds. The first kappa shape index (κ1) is 14.6. The molecule has 0 aliphatic heterocycles. The third kappa shape index (κ3) is 3.59. The van der Waals surface area contributed by atoms with Gasteiger partial charge in [0.1, 0.15) is 0 Å². The van der Waals surface area contributed by atoms with Crippen molar-refractivity contribution in [1.29, 1.82) is 0 Å². The van der Waals surface area contributed by atoms with Crippen LogP contribution in [-0.2, 0) is 16.0 Å². The van der Waals surface area contributed by atoms with E-state index in [9.17, 15) is 9.59 Å². The molecule has 0 spiro atoms. The van der Waals surface area contributed by atoms with Crippen molar-refractivity contribution in [2.24, 2.45) is 5.92 Å². The second kappa shape index (κ2) is 6.07. The van der Waals surface area contributed by atoms with Gasteiger partial charge >= 0.3 is 5.97 Å². The number of aliphatic carboxylic acids is 1. The summed E-state index contributed by atoms with van der Waals surface area (Å²) in [5, 5.41) is 9.01. The lowest BCUT2D eigenvalue weighted by atomic mass is 10.0. The van der Waals surface area contributed by atoms with E-state index < -0.39 is 11.9 Å². The molecule has 108 valence electrons. The van der Waals surface area contributed by atoms with Gasteiger partial charge in [0.15, 0.2) is 0 Å². The average Bonchev–Trinajstić information content (AvgIpc) is 3.22. The molecule has 1 aliphatic carbocycles. The van der Waals surface area contributed by atoms with Crippen LogP contribution in [0.15, 0.2) is 24.3 Å².